The first-order valence-electron chi connectivity index (χ1n) is 5.95. The first kappa shape index (κ1) is 31.5. The standard InChI is InChI=1S/4C3H4N2.4HI/c4*1-2-5-3-4-1;;;;/h4*1-3H,(H,4,5);4*1H. The summed E-state index contributed by atoms with van der Waals surface area (Å²) in [5, 5.41) is 0. The van der Waals surface area contributed by atoms with Crippen LogP contribution in [-0.4, -0.2) is 19.9 Å². The van der Waals surface area contributed by atoms with Crippen molar-refractivity contribution < 1.29 is 116 Å². The Morgan fingerprint density at radius 3 is 0.625 bits per heavy atom. The zero-order chi connectivity index (χ0) is 14.1. The molecule has 4 aromatic heterocycles. The van der Waals surface area contributed by atoms with Gasteiger partial charge in [0.05, 0.1) is 0 Å². The van der Waals surface area contributed by atoms with Gasteiger partial charge in [-0.05, 0) is 0 Å². The summed E-state index contributed by atoms with van der Waals surface area (Å²) in [5.41, 5.74) is 0. The lowest BCUT2D eigenvalue weighted by molar-refractivity contribution is -0.376. The van der Waals surface area contributed by atoms with Crippen LogP contribution in [0.1, 0.15) is 0 Å². The Morgan fingerprint density at radius 2 is 0.583 bits per heavy atom. The van der Waals surface area contributed by atoms with Gasteiger partial charge in [-0.1, -0.05) is 0 Å². The van der Waals surface area contributed by atoms with Crippen LogP contribution in [0.5, 0.6) is 0 Å². The second-order valence-corrected chi connectivity index (χ2v) is 3.24. The van der Waals surface area contributed by atoms with E-state index in [-0.39, 0.29) is 95.9 Å². The van der Waals surface area contributed by atoms with Crippen LogP contribution in [0.25, 0.3) is 0 Å². The molecule has 0 radical (unpaired) electrons. The van der Waals surface area contributed by atoms with Crippen LogP contribution in [0.2, 0.25) is 0 Å². The van der Waals surface area contributed by atoms with Gasteiger partial charge in [0.25, 0.3) is 0 Å². The Labute approximate surface area is 208 Å². The molecule has 0 unspecified atom stereocenters. The maximum absolute atomic E-state index is 2.81. The van der Waals surface area contributed by atoms with Gasteiger partial charge in [0, 0.05) is 0 Å². The Bertz CT molecular complexity index is 366. The zero-order valence-electron chi connectivity index (χ0n) is 12.4. The van der Waals surface area contributed by atoms with Crippen molar-refractivity contribution in [2.45, 2.75) is 0 Å². The molecule has 0 aliphatic heterocycles. The van der Waals surface area contributed by atoms with Crippen molar-refractivity contribution in [2.75, 3.05) is 0 Å². The molecule has 24 heavy (non-hydrogen) atoms. The molecule has 0 spiro atoms. The Balaban J connectivity index is -0.000000105. The molecular weight excluding hydrogens is 764 g/mol. The van der Waals surface area contributed by atoms with Crippen LogP contribution < -0.4 is 116 Å². The van der Waals surface area contributed by atoms with Crippen molar-refractivity contribution in [2.24, 2.45) is 0 Å². The molecular formula is C12H20I4N8. The minimum atomic E-state index is 0. The van der Waals surface area contributed by atoms with Crippen LogP contribution in [0.4, 0.5) is 0 Å². The Hall–Kier alpha value is -0.240. The number of hydrogen-bond donors (Lipinski definition) is 4. The lowest BCUT2D eigenvalue weighted by atomic mass is 11.0. The third kappa shape index (κ3) is 24.0. The van der Waals surface area contributed by atoms with Crippen LogP contribution in [-0.2, 0) is 0 Å². The molecule has 0 amide bonds. The number of halogens is 4. The summed E-state index contributed by atoms with van der Waals surface area (Å²) < 4.78 is 0. The predicted octanol–water partition coefficient (Wildman–Crippen LogP) is -12.7. The van der Waals surface area contributed by atoms with Gasteiger partial charge in [-0.25, -0.2) is 0 Å². The number of hydrogen-bond acceptors (Lipinski definition) is 0. The molecule has 0 fully saturated rings. The smallest absolute Gasteiger partial charge is 0.239 e. The van der Waals surface area contributed by atoms with Gasteiger partial charge in [-0.3, -0.25) is 39.9 Å². The van der Waals surface area contributed by atoms with Crippen molar-refractivity contribution in [3.63, 3.8) is 0 Å². The molecule has 12 heteroatoms. The average molecular weight is 784 g/mol. The maximum atomic E-state index is 2.81. The van der Waals surface area contributed by atoms with Crippen LogP contribution in [0.15, 0.2) is 74.9 Å². The molecule has 4 aromatic rings. The number of aromatic amines is 8. The van der Waals surface area contributed by atoms with E-state index in [1.165, 1.54) is 0 Å². The third-order valence-corrected chi connectivity index (χ3v) is 1.77. The number of imidazole rings is 4. The third-order valence-electron chi connectivity index (χ3n) is 1.77. The summed E-state index contributed by atoms with van der Waals surface area (Å²) in [6, 6.07) is 0. The highest BCUT2D eigenvalue weighted by Crippen LogP contribution is 1.55. The molecule has 8 nitrogen and oxygen atoms in total. The number of rotatable bonds is 0. The van der Waals surface area contributed by atoms with Gasteiger partial charge < -0.3 is 95.9 Å². The quantitative estimate of drug-likeness (QED) is 0.127. The summed E-state index contributed by atoms with van der Waals surface area (Å²) in [6.07, 6.45) is 21.6. The highest BCUT2D eigenvalue weighted by atomic mass is 127. The van der Waals surface area contributed by atoms with E-state index in [0.29, 0.717) is 0 Å². The lowest BCUT2D eigenvalue weighted by Gasteiger charge is -1.37. The largest absolute Gasteiger partial charge is 1.00 e. The van der Waals surface area contributed by atoms with Gasteiger partial charge in [0.1, 0.15) is 49.6 Å². The SMILES string of the molecule is [I-].[I-].[I-].[I-].c1c[nH+]c[nH]1.c1c[nH+]c[nH]1.c1c[nH+]c[nH]1.c1c[nH+]c[nH]1. The molecule has 0 bridgehead atoms. The fourth-order valence-corrected chi connectivity index (χ4v) is 0.962. The van der Waals surface area contributed by atoms with E-state index in [1.807, 2.05) is 49.6 Å². The monoisotopic (exact) mass is 784 g/mol. The maximum Gasteiger partial charge on any atom is 0.239 e. The normalized spacial score (nSPS) is 6.67. The van der Waals surface area contributed by atoms with E-state index in [0.717, 1.165) is 0 Å². The molecule has 0 saturated carbocycles. The van der Waals surface area contributed by atoms with Gasteiger partial charge in [-0.2, -0.15) is 0 Å². The summed E-state index contributed by atoms with van der Waals surface area (Å²) in [6.45, 7) is 0. The van der Waals surface area contributed by atoms with E-state index in [1.54, 1.807) is 25.3 Å². The fraction of sp³-hybridized carbons (Fsp3) is 0. The lowest BCUT2D eigenvalue weighted by Crippen LogP contribution is -3.00. The first-order valence-corrected chi connectivity index (χ1v) is 5.95. The van der Waals surface area contributed by atoms with Gasteiger partial charge >= 0.3 is 0 Å². The van der Waals surface area contributed by atoms with Crippen LogP contribution in [0.3, 0.4) is 0 Å². The zero-order valence-corrected chi connectivity index (χ0v) is 21.1. The first-order chi connectivity index (χ1) is 10.0. The van der Waals surface area contributed by atoms with Gasteiger partial charge in [0.2, 0.25) is 25.3 Å². The van der Waals surface area contributed by atoms with E-state index in [4.69, 9.17) is 0 Å². The predicted molar refractivity (Wildman–Crippen MR) is 69.4 cm³/mol. The molecule has 136 valence electrons. The second kappa shape index (κ2) is 27.6. The van der Waals surface area contributed by atoms with E-state index < -0.39 is 0 Å². The molecule has 8 N–H and O–H groups in total. The van der Waals surface area contributed by atoms with Crippen LogP contribution in [0, 0.1) is 0 Å². The minimum absolute atomic E-state index is 0. The van der Waals surface area contributed by atoms with Crippen LogP contribution >= 0.6 is 0 Å². The molecule has 0 aliphatic rings. The summed E-state index contributed by atoms with van der Waals surface area (Å²) in [5.74, 6) is 0. The number of nitrogens with one attached hydrogen (secondary N) is 8. The van der Waals surface area contributed by atoms with Crippen molar-refractivity contribution in [3.8, 4) is 0 Å². The Morgan fingerprint density at radius 1 is 0.375 bits per heavy atom. The molecule has 0 saturated heterocycles. The van der Waals surface area contributed by atoms with Crippen molar-refractivity contribution >= 4 is 0 Å². The summed E-state index contributed by atoms with van der Waals surface area (Å²) >= 11 is 0. The Kier molecular flexibility index (Phi) is 36.3. The van der Waals surface area contributed by atoms with E-state index in [9.17, 15) is 0 Å². The van der Waals surface area contributed by atoms with Crippen molar-refractivity contribution in [1.82, 2.24) is 19.9 Å². The van der Waals surface area contributed by atoms with Crippen molar-refractivity contribution in [1.29, 1.82) is 0 Å². The summed E-state index contributed by atoms with van der Waals surface area (Å²) in [7, 11) is 0. The molecule has 4 rings (SSSR count). The van der Waals surface area contributed by atoms with E-state index in [2.05, 4.69) is 39.9 Å². The average Bonchev–Trinajstić information content (AvgIpc) is 3.40. The number of aromatic nitrogens is 8. The number of H-pyrrole nitrogens is 8. The molecule has 0 aliphatic carbocycles. The molecule has 4 heterocycles. The van der Waals surface area contributed by atoms with Gasteiger partial charge in [0.15, 0.2) is 0 Å². The fourth-order valence-electron chi connectivity index (χ4n) is 0.962. The topological polar surface area (TPSA) is 120 Å². The van der Waals surface area contributed by atoms with E-state index >= 15 is 0 Å². The highest BCUT2D eigenvalue weighted by molar-refractivity contribution is 4.53. The molecule has 0 aromatic carbocycles. The summed E-state index contributed by atoms with van der Waals surface area (Å²) in [4.78, 5) is 22.4. The second-order valence-electron chi connectivity index (χ2n) is 3.24. The van der Waals surface area contributed by atoms with Crippen molar-refractivity contribution in [3.05, 3.63) is 74.9 Å². The molecule has 0 atom stereocenters. The minimum Gasteiger partial charge on any atom is -1.00 e. The highest BCUT2D eigenvalue weighted by Gasteiger charge is 1.66. The van der Waals surface area contributed by atoms with Gasteiger partial charge in [-0.15, -0.1) is 0 Å².